The highest BCUT2D eigenvalue weighted by molar-refractivity contribution is 7.80. The molecule has 0 atom stereocenters. The molecule has 0 fully saturated rings. The first kappa shape index (κ1) is 15.5. The maximum absolute atomic E-state index is 12.1. The van der Waals surface area contributed by atoms with Crippen LogP contribution in [0, 0.1) is 0 Å². The van der Waals surface area contributed by atoms with Crippen molar-refractivity contribution >= 4 is 34.5 Å². The van der Waals surface area contributed by atoms with Crippen LogP contribution in [0.4, 0.5) is 0 Å². The minimum atomic E-state index is -0.0982. The van der Waals surface area contributed by atoms with E-state index in [1.807, 2.05) is 29.0 Å². The Morgan fingerprint density at radius 1 is 1.38 bits per heavy atom. The van der Waals surface area contributed by atoms with Gasteiger partial charge in [0.15, 0.2) is 6.61 Å². The van der Waals surface area contributed by atoms with E-state index in [0.717, 1.165) is 5.56 Å². The zero-order valence-electron chi connectivity index (χ0n) is 11.6. The van der Waals surface area contributed by atoms with Gasteiger partial charge in [-0.25, -0.2) is 0 Å². The molecule has 0 saturated carbocycles. The second-order valence-corrected chi connectivity index (χ2v) is 5.75. The summed E-state index contributed by atoms with van der Waals surface area (Å²) in [5, 5.41) is 4.01. The standard InChI is InChI=1S/C15H16N2O2S2/c1-17(8-11-6-7-21-10-11)14(18)9-19-13-5-3-2-4-12(13)15(16)20/h2-7,10H,8-9H2,1H3,(H2,16,20). The van der Waals surface area contributed by atoms with Crippen molar-refractivity contribution in [2.24, 2.45) is 5.73 Å². The number of ether oxygens (including phenoxy) is 1. The van der Waals surface area contributed by atoms with Crippen LogP contribution in [0.3, 0.4) is 0 Å². The number of nitrogens with two attached hydrogens (primary N) is 1. The van der Waals surface area contributed by atoms with Gasteiger partial charge in [-0.2, -0.15) is 11.3 Å². The first-order valence-electron chi connectivity index (χ1n) is 6.34. The number of likely N-dealkylation sites (N-methyl/N-ethyl adjacent to an activating group) is 1. The second kappa shape index (κ2) is 7.19. The molecule has 0 unspecified atom stereocenters. The number of hydrogen-bond donors (Lipinski definition) is 1. The lowest BCUT2D eigenvalue weighted by Gasteiger charge is -2.17. The Morgan fingerprint density at radius 2 is 2.14 bits per heavy atom. The molecule has 2 N–H and O–H groups in total. The molecule has 21 heavy (non-hydrogen) atoms. The molecular formula is C15H16N2O2S2. The monoisotopic (exact) mass is 320 g/mol. The summed E-state index contributed by atoms with van der Waals surface area (Å²) >= 11 is 6.57. The molecule has 0 radical (unpaired) electrons. The third kappa shape index (κ3) is 4.27. The van der Waals surface area contributed by atoms with Crippen LogP contribution in [0.15, 0.2) is 41.1 Å². The molecule has 2 rings (SSSR count). The van der Waals surface area contributed by atoms with Crippen LogP contribution in [0.1, 0.15) is 11.1 Å². The summed E-state index contributed by atoms with van der Waals surface area (Å²) in [6.07, 6.45) is 0. The van der Waals surface area contributed by atoms with Gasteiger partial charge in [-0.05, 0) is 34.5 Å². The largest absolute Gasteiger partial charge is 0.483 e. The summed E-state index contributed by atoms with van der Waals surface area (Å²) < 4.78 is 5.54. The number of hydrogen-bond acceptors (Lipinski definition) is 4. The molecule has 1 aromatic carbocycles. The molecule has 0 aliphatic carbocycles. The Morgan fingerprint density at radius 3 is 2.81 bits per heavy atom. The van der Waals surface area contributed by atoms with Gasteiger partial charge in [-0.1, -0.05) is 24.4 Å². The molecule has 0 aliphatic rings. The maximum atomic E-state index is 12.1. The van der Waals surface area contributed by atoms with E-state index in [9.17, 15) is 4.79 Å². The van der Waals surface area contributed by atoms with Gasteiger partial charge in [-0.3, -0.25) is 4.79 Å². The minimum absolute atomic E-state index is 0.0414. The fraction of sp³-hybridized carbons (Fsp3) is 0.200. The van der Waals surface area contributed by atoms with Gasteiger partial charge in [0.2, 0.25) is 0 Å². The summed E-state index contributed by atoms with van der Waals surface area (Å²) in [4.78, 5) is 13.9. The van der Waals surface area contributed by atoms with Crippen molar-refractivity contribution in [1.29, 1.82) is 0 Å². The molecule has 1 heterocycles. The molecule has 1 aromatic heterocycles. The van der Waals surface area contributed by atoms with E-state index in [2.05, 4.69) is 0 Å². The first-order valence-corrected chi connectivity index (χ1v) is 7.69. The minimum Gasteiger partial charge on any atom is -0.483 e. The van der Waals surface area contributed by atoms with Crippen molar-refractivity contribution in [3.05, 3.63) is 52.2 Å². The predicted octanol–water partition coefficient (Wildman–Crippen LogP) is 2.42. The van der Waals surface area contributed by atoms with Crippen LogP contribution in [-0.4, -0.2) is 29.5 Å². The Bertz CT molecular complexity index is 626. The Balaban J connectivity index is 1.93. The molecule has 0 aliphatic heterocycles. The number of para-hydroxylation sites is 1. The van der Waals surface area contributed by atoms with Gasteiger partial charge >= 0.3 is 0 Å². The number of amides is 1. The lowest BCUT2D eigenvalue weighted by Crippen LogP contribution is -2.31. The fourth-order valence-electron chi connectivity index (χ4n) is 1.79. The van der Waals surface area contributed by atoms with E-state index in [4.69, 9.17) is 22.7 Å². The molecule has 110 valence electrons. The number of thiophene rings is 1. The Labute approximate surface area is 133 Å². The number of carbonyl (C=O) groups is 1. The van der Waals surface area contributed by atoms with Gasteiger partial charge in [0.05, 0.1) is 5.56 Å². The highest BCUT2D eigenvalue weighted by Crippen LogP contribution is 2.17. The smallest absolute Gasteiger partial charge is 0.260 e. The molecule has 2 aromatic rings. The molecule has 1 amide bonds. The van der Waals surface area contributed by atoms with Crippen LogP contribution in [0.2, 0.25) is 0 Å². The summed E-state index contributed by atoms with van der Waals surface area (Å²) in [6.45, 7) is 0.531. The van der Waals surface area contributed by atoms with E-state index < -0.39 is 0 Å². The number of rotatable bonds is 6. The average Bonchev–Trinajstić information content (AvgIpc) is 2.97. The van der Waals surface area contributed by atoms with E-state index in [0.29, 0.717) is 17.9 Å². The number of nitrogens with zero attached hydrogens (tertiary/aromatic N) is 1. The van der Waals surface area contributed by atoms with Crippen LogP contribution in [0.25, 0.3) is 0 Å². The van der Waals surface area contributed by atoms with Crippen LogP contribution in [0.5, 0.6) is 5.75 Å². The summed E-state index contributed by atoms with van der Waals surface area (Å²) in [5.41, 5.74) is 7.38. The first-order chi connectivity index (χ1) is 10.1. The number of thiocarbonyl (C=S) groups is 1. The molecule has 0 spiro atoms. The number of carbonyl (C=O) groups excluding carboxylic acids is 1. The second-order valence-electron chi connectivity index (χ2n) is 4.53. The summed E-state index contributed by atoms with van der Waals surface area (Å²) in [6, 6.07) is 9.16. The van der Waals surface area contributed by atoms with Crippen molar-refractivity contribution in [1.82, 2.24) is 4.90 Å². The maximum Gasteiger partial charge on any atom is 0.260 e. The van der Waals surface area contributed by atoms with Crippen molar-refractivity contribution in [2.75, 3.05) is 13.7 Å². The normalized spacial score (nSPS) is 10.1. The molecule has 0 bridgehead atoms. The third-order valence-electron chi connectivity index (χ3n) is 2.93. The Kier molecular flexibility index (Phi) is 5.30. The molecule has 0 saturated heterocycles. The van der Waals surface area contributed by atoms with E-state index >= 15 is 0 Å². The van der Waals surface area contributed by atoms with Crippen molar-refractivity contribution in [3.63, 3.8) is 0 Å². The zero-order valence-corrected chi connectivity index (χ0v) is 13.2. The topological polar surface area (TPSA) is 55.6 Å². The van der Waals surface area contributed by atoms with Crippen LogP contribution in [-0.2, 0) is 11.3 Å². The van der Waals surface area contributed by atoms with E-state index in [1.54, 1.807) is 35.4 Å². The summed E-state index contributed by atoms with van der Waals surface area (Å²) in [7, 11) is 1.75. The van der Waals surface area contributed by atoms with Crippen LogP contribution >= 0.6 is 23.6 Å². The van der Waals surface area contributed by atoms with Crippen molar-refractivity contribution < 1.29 is 9.53 Å². The van der Waals surface area contributed by atoms with Gasteiger partial charge in [0, 0.05) is 13.6 Å². The van der Waals surface area contributed by atoms with E-state index in [-0.39, 0.29) is 17.5 Å². The summed E-state index contributed by atoms with van der Waals surface area (Å²) in [5.74, 6) is 0.432. The average molecular weight is 320 g/mol. The highest BCUT2D eigenvalue weighted by Gasteiger charge is 2.12. The molecule has 6 heteroatoms. The van der Waals surface area contributed by atoms with Crippen molar-refractivity contribution in [2.45, 2.75) is 6.54 Å². The molecule has 4 nitrogen and oxygen atoms in total. The quantitative estimate of drug-likeness (QED) is 0.831. The number of benzene rings is 1. The van der Waals surface area contributed by atoms with E-state index in [1.165, 1.54) is 0 Å². The predicted molar refractivity (Wildman–Crippen MR) is 88.6 cm³/mol. The molecular weight excluding hydrogens is 304 g/mol. The SMILES string of the molecule is CN(Cc1ccsc1)C(=O)COc1ccccc1C(N)=S. The van der Waals surface area contributed by atoms with Gasteiger partial charge in [0.25, 0.3) is 5.91 Å². The lowest BCUT2D eigenvalue weighted by molar-refractivity contribution is -0.132. The van der Waals surface area contributed by atoms with Gasteiger partial charge in [0.1, 0.15) is 10.7 Å². The lowest BCUT2D eigenvalue weighted by atomic mass is 10.2. The van der Waals surface area contributed by atoms with Crippen LogP contribution < -0.4 is 10.5 Å². The van der Waals surface area contributed by atoms with Crippen molar-refractivity contribution in [3.8, 4) is 5.75 Å². The van der Waals surface area contributed by atoms with Gasteiger partial charge < -0.3 is 15.4 Å². The Hall–Kier alpha value is -1.92. The fourth-order valence-corrected chi connectivity index (χ4v) is 2.62. The van der Waals surface area contributed by atoms with Gasteiger partial charge in [-0.15, -0.1) is 0 Å². The zero-order chi connectivity index (χ0) is 15.2. The highest BCUT2D eigenvalue weighted by atomic mass is 32.1. The third-order valence-corrected chi connectivity index (χ3v) is 3.88.